The second-order valence-electron chi connectivity index (χ2n) is 4.82. The summed E-state index contributed by atoms with van der Waals surface area (Å²) in [5.74, 6) is 6.17. The number of hydrazine groups is 1. The standard InChI is InChI=1S/C11H21N5O/c1-8-6-13-10(15-12)14-9(8)17-7-11(2,3)16(4)5/h6H,7,12H2,1-5H3,(H,13,14,15). The van der Waals surface area contributed by atoms with Crippen LogP contribution in [0.5, 0.6) is 5.88 Å². The summed E-state index contributed by atoms with van der Waals surface area (Å²) in [5, 5.41) is 0. The first-order valence-corrected chi connectivity index (χ1v) is 5.47. The molecule has 0 saturated heterocycles. The number of hydrogen-bond donors (Lipinski definition) is 2. The zero-order valence-corrected chi connectivity index (χ0v) is 11.1. The minimum atomic E-state index is -0.0618. The van der Waals surface area contributed by atoms with Crippen molar-refractivity contribution in [2.75, 3.05) is 26.1 Å². The zero-order chi connectivity index (χ0) is 13.1. The SMILES string of the molecule is Cc1cnc(NN)nc1OCC(C)(C)N(C)C. The molecule has 0 fully saturated rings. The predicted molar refractivity (Wildman–Crippen MR) is 67.8 cm³/mol. The van der Waals surface area contributed by atoms with E-state index in [9.17, 15) is 0 Å². The molecule has 0 aliphatic heterocycles. The van der Waals surface area contributed by atoms with Crippen molar-refractivity contribution >= 4 is 5.95 Å². The topological polar surface area (TPSA) is 76.3 Å². The highest BCUT2D eigenvalue weighted by Gasteiger charge is 2.22. The Bertz CT molecular complexity index is 378. The van der Waals surface area contributed by atoms with Gasteiger partial charge in [0.25, 0.3) is 0 Å². The maximum Gasteiger partial charge on any atom is 0.240 e. The monoisotopic (exact) mass is 239 g/mol. The first-order valence-electron chi connectivity index (χ1n) is 5.47. The Hall–Kier alpha value is -1.40. The van der Waals surface area contributed by atoms with E-state index >= 15 is 0 Å². The molecule has 1 aromatic heterocycles. The summed E-state index contributed by atoms with van der Waals surface area (Å²) < 4.78 is 5.72. The highest BCUT2D eigenvalue weighted by Crippen LogP contribution is 2.18. The van der Waals surface area contributed by atoms with E-state index in [0.29, 0.717) is 18.4 Å². The second-order valence-corrected chi connectivity index (χ2v) is 4.82. The first kappa shape index (κ1) is 13.7. The summed E-state index contributed by atoms with van der Waals surface area (Å²) in [6, 6.07) is 0. The lowest BCUT2D eigenvalue weighted by molar-refractivity contribution is 0.110. The maximum atomic E-state index is 5.72. The van der Waals surface area contributed by atoms with Crippen molar-refractivity contribution in [3.05, 3.63) is 11.8 Å². The number of anilines is 1. The van der Waals surface area contributed by atoms with E-state index in [1.165, 1.54) is 0 Å². The van der Waals surface area contributed by atoms with Crippen molar-refractivity contribution in [3.63, 3.8) is 0 Å². The lowest BCUT2D eigenvalue weighted by atomic mass is 10.1. The Morgan fingerprint density at radius 2 is 2.12 bits per heavy atom. The minimum Gasteiger partial charge on any atom is -0.475 e. The fraction of sp³-hybridized carbons (Fsp3) is 0.636. The molecule has 0 aliphatic rings. The molecule has 96 valence electrons. The molecular formula is C11H21N5O. The number of nitrogens with one attached hydrogen (secondary N) is 1. The normalized spacial score (nSPS) is 11.7. The van der Waals surface area contributed by atoms with Crippen LogP contribution in [0.15, 0.2) is 6.20 Å². The van der Waals surface area contributed by atoms with Gasteiger partial charge in [0.15, 0.2) is 0 Å². The van der Waals surface area contributed by atoms with Crippen LogP contribution < -0.4 is 16.0 Å². The number of nitrogens with two attached hydrogens (primary N) is 1. The van der Waals surface area contributed by atoms with Crippen molar-refractivity contribution in [1.29, 1.82) is 0 Å². The zero-order valence-electron chi connectivity index (χ0n) is 11.1. The van der Waals surface area contributed by atoms with Crippen molar-refractivity contribution in [3.8, 4) is 5.88 Å². The number of aryl methyl sites for hydroxylation is 1. The quantitative estimate of drug-likeness (QED) is 0.584. The predicted octanol–water partition coefficient (Wildman–Crippen LogP) is 0.790. The van der Waals surface area contributed by atoms with E-state index in [-0.39, 0.29) is 5.54 Å². The van der Waals surface area contributed by atoms with E-state index in [2.05, 4.69) is 34.1 Å². The minimum absolute atomic E-state index is 0.0618. The van der Waals surface area contributed by atoms with Crippen molar-refractivity contribution in [1.82, 2.24) is 14.9 Å². The van der Waals surface area contributed by atoms with Gasteiger partial charge in [-0.05, 0) is 34.9 Å². The first-order chi connectivity index (χ1) is 7.86. The van der Waals surface area contributed by atoms with E-state index in [0.717, 1.165) is 5.56 Å². The second kappa shape index (κ2) is 5.29. The third-order valence-corrected chi connectivity index (χ3v) is 2.83. The van der Waals surface area contributed by atoms with Crippen LogP contribution in [0.25, 0.3) is 0 Å². The molecular weight excluding hydrogens is 218 g/mol. The van der Waals surface area contributed by atoms with Crippen LogP contribution in [0.1, 0.15) is 19.4 Å². The van der Waals surface area contributed by atoms with Crippen LogP contribution in [-0.2, 0) is 0 Å². The summed E-state index contributed by atoms with van der Waals surface area (Å²) in [7, 11) is 4.03. The molecule has 6 heteroatoms. The molecule has 0 spiro atoms. The van der Waals surface area contributed by atoms with Crippen molar-refractivity contribution in [2.24, 2.45) is 5.84 Å². The van der Waals surface area contributed by atoms with Gasteiger partial charge in [-0.2, -0.15) is 4.98 Å². The van der Waals surface area contributed by atoms with Crippen molar-refractivity contribution < 1.29 is 4.74 Å². The van der Waals surface area contributed by atoms with E-state index in [1.807, 2.05) is 21.0 Å². The number of aromatic nitrogens is 2. The van der Waals surface area contributed by atoms with Gasteiger partial charge in [0.2, 0.25) is 11.8 Å². The number of hydrogen-bond acceptors (Lipinski definition) is 6. The fourth-order valence-corrected chi connectivity index (χ4v) is 1.02. The molecule has 0 bridgehead atoms. The van der Waals surface area contributed by atoms with E-state index in [1.54, 1.807) is 6.20 Å². The molecule has 1 heterocycles. The highest BCUT2D eigenvalue weighted by atomic mass is 16.5. The third kappa shape index (κ3) is 3.54. The molecule has 1 rings (SSSR count). The third-order valence-electron chi connectivity index (χ3n) is 2.83. The van der Waals surface area contributed by atoms with Crippen LogP contribution in [0.2, 0.25) is 0 Å². The molecule has 17 heavy (non-hydrogen) atoms. The van der Waals surface area contributed by atoms with Gasteiger partial charge >= 0.3 is 0 Å². The van der Waals surface area contributed by atoms with Crippen molar-refractivity contribution in [2.45, 2.75) is 26.3 Å². The molecule has 1 aromatic rings. The number of ether oxygens (including phenoxy) is 1. The highest BCUT2D eigenvalue weighted by molar-refractivity contribution is 5.31. The van der Waals surface area contributed by atoms with Crippen LogP contribution in [0.3, 0.4) is 0 Å². The summed E-state index contributed by atoms with van der Waals surface area (Å²) in [6.45, 7) is 6.65. The van der Waals surface area contributed by atoms with Gasteiger partial charge in [0, 0.05) is 17.3 Å². The van der Waals surface area contributed by atoms with Gasteiger partial charge in [-0.25, -0.2) is 10.8 Å². The van der Waals surface area contributed by atoms with Crippen LogP contribution in [0, 0.1) is 6.92 Å². The Morgan fingerprint density at radius 3 is 2.65 bits per heavy atom. The van der Waals surface area contributed by atoms with Crippen LogP contribution in [-0.4, -0.2) is 41.1 Å². The van der Waals surface area contributed by atoms with Crippen LogP contribution >= 0.6 is 0 Å². The number of nitrogens with zero attached hydrogens (tertiary/aromatic N) is 3. The summed E-state index contributed by atoms with van der Waals surface area (Å²) in [4.78, 5) is 10.3. The molecule has 0 aromatic carbocycles. The maximum absolute atomic E-state index is 5.72. The van der Waals surface area contributed by atoms with Gasteiger partial charge in [-0.3, -0.25) is 5.43 Å². The molecule has 3 N–H and O–H groups in total. The average molecular weight is 239 g/mol. The van der Waals surface area contributed by atoms with E-state index in [4.69, 9.17) is 10.6 Å². The average Bonchev–Trinajstić information content (AvgIpc) is 2.28. The lowest BCUT2D eigenvalue weighted by Crippen LogP contribution is -2.43. The van der Waals surface area contributed by atoms with Gasteiger partial charge in [-0.15, -0.1) is 0 Å². The Kier molecular flexibility index (Phi) is 4.25. The molecule has 0 amide bonds. The number of rotatable bonds is 5. The fourth-order valence-electron chi connectivity index (χ4n) is 1.02. The lowest BCUT2D eigenvalue weighted by Gasteiger charge is -2.32. The van der Waals surface area contributed by atoms with E-state index < -0.39 is 0 Å². The summed E-state index contributed by atoms with van der Waals surface area (Å²) in [5.41, 5.74) is 3.23. The Labute approximate surface area is 102 Å². The van der Waals surface area contributed by atoms with Crippen LogP contribution in [0.4, 0.5) is 5.95 Å². The largest absolute Gasteiger partial charge is 0.475 e. The Balaban J connectivity index is 2.75. The molecule has 0 aliphatic carbocycles. The molecule has 0 saturated carbocycles. The summed E-state index contributed by atoms with van der Waals surface area (Å²) >= 11 is 0. The molecule has 0 atom stereocenters. The molecule has 6 nitrogen and oxygen atoms in total. The Morgan fingerprint density at radius 1 is 1.47 bits per heavy atom. The number of nitrogen functional groups attached to an aromatic ring is 1. The number of likely N-dealkylation sites (N-methyl/N-ethyl adjacent to an activating group) is 1. The van der Waals surface area contributed by atoms with Gasteiger partial charge in [-0.1, -0.05) is 0 Å². The molecule has 0 radical (unpaired) electrons. The van der Waals surface area contributed by atoms with Gasteiger partial charge in [0.1, 0.15) is 6.61 Å². The van der Waals surface area contributed by atoms with Gasteiger partial charge < -0.3 is 9.64 Å². The van der Waals surface area contributed by atoms with Gasteiger partial charge in [0.05, 0.1) is 0 Å². The summed E-state index contributed by atoms with van der Waals surface area (Å²) in [6.07, 6.45) is 1.68. The smallest absolute Gasteiger partial charge is 0.240 e. The molecule has 0 unspecified atom stereocenters.